The van der Waals surface area contributed by atoms with Gasteiger partial charge in [0.05, 0.1) is 7.11 Å². The molecule has 2 amide bonds. The second-order valence-corrected chi connectivity index (χ2v) is 7.11. The van der Waals surface area contributed by atoms with Crippen molar-refractivity contribution in [3.05, 3.63) is 24.3 Å². The zero-order valence-corrected chi connectivity index (χ0v) is 14.5. The molecule has 4 nitrogen and oxygen atoms in total. The second kappa shape index (κ2) is 8.32. The predicted molar refractivity (Wildman–Crippen MR) is 91.7 cm³/mol. The van der Waals surface area contributed by atoms with Crippen LogP contribution >= 0.6 is 11.8 Å². The van der Waals surface area contributed by atoms with Crippen LogP contribution in [0.2, 0.25) is 0 Å². The molecule has 0 aromatic heterocycles. The second-order valence-electron chi connectivity index (χ2n) is 6.02. The molecular formula is C17H26N2O2S. The van der Waals surface area contributed by atoms with Gasteiger partial charge in [-0.05, 0) is 56.9 Å². The Labute approximate surface area is 137 Å². The number of methoxy groups -OCH3 is 1. The van der Waals surface area contributed by atoms with E-state index < -0.39 is 0 Å². The van der Waals surface area contributed by atoms with Crippen LogP contribution in [0.3, 0.4) is 0 Å². The predicted octanol–water partition coefficient (Wildman–Crippen LogP) is 3.62. The number of rotatable bonds is 5. The van der Waals surface area contributed by atoms with Crippen molar-refractivity contribution in [2.24, 2.45) is 5.92 Å². The molecule has 1 aliphatic rings. The molecule has 0 saturated carbocycles. The molecule has 1 aromatic rings. The molecular weight excluding hydrogens is 296 g/mol. The van der Waals surface area contributed by atoms with Gasteiger partial charge in [-0.3, -0.25) is 0 Å². The number of amides is 2. The maximum atomic E-state index is 12.0. The Kier molecular flexibility index (Phi) is 6.43. The largest absolute Gasteiger partial charge is 0.497 e. The molecule has 2 rings (SSSR count). The Morgan fingerprint density at radius 2 is 1.95 bits per heavy atom. The first-order valence-corrected chi connectivity index (χ1v) is 8.89. The Morgan fingerprint density at radius 1 is 1.32 bits per heavy atom. The highest BCUT2D eigenvalue weighted by molar-refractivity contribution is 7.99. The van der Waals surface area contributed by atoms with Crippen LogP contribution in [0, 0.1) is 5.92 Å². The number of benzene rings is 1. The number of urea groups is 1. The molecule has 1 fully saturated rings. The summed E-state index contributed by atoms with van der Waals surface area (Å²) in [5, 5.41) is 2.97. The van der Waals surface area contributed by atoms with Crippen LogP contribution in [0.25, 0.3) is 0 Å². The van der Waals surface area contributed by atoms with Gasteiger partial charge in [-0.15, -0.1) is 11.8 Å². The van der Waals surface area contributed by atoms with Crippen LogP contribution < -0.4 is 10.1 Å². The zero-order chi connectivity index (χ0) is 15.9. The third-order valence-electron chi connectivity index (χ3n) is 3.86. The fraction of sp³-hybridized carbons (Fsp3) is 0.588. The number of carbonyl (C=O) groups excluding carboxylic acids is 1. The van der Waals surface area contributed by atoms with Crippen LogP contribution in [0.15, 0.2) is 29.2 Å². The van der Waals surface area contributed by atoms with Gasteiger partial charge in [-0.1, -0.05) is 0 Å². The van der Waals surface area contributed by atoms with Crippen molar-refractivity contribution in [1.82, 2.24) is 10.2 Å². The molecule has 0 spiro atoms. The molecule has 1 aromatic carbocycles. The van der Waals surface area contributed by atoms with Crippen molar-refractivity contribution < 1.29 is 9.53 Å². The molecule has 0 aliphatic carbocycles. The van der Waals surface area contributed by atoms with E-state index in [2.05, 4.69) is 17.4 Å². The number of thioether (sulfide) groups is 1. The lowest BCUT2D eigenvalue weighted by Gasteiger charge is -2.32. The molecule has 1 saturated heterocycles. The summed E-state index contributed by atoms with van der Waals surface area (Å²) in [4.78, 5) is 15.2. The van der Waals surface area contributed by atoms with Crippen LogP contribution in [0.4, 0.5) is 4.79 Å². The van der Waals surface area contributed by atoms with Gasteiger partial charge in [0.15, 0.2) is 0 Å². The lowest BCUT2D eigenvalue weighted by Crippen LogP contribution is -2.46. The van der Waals surface area contributed by atoms with Crippen LogP contribution in [0.5, 0.6) is 5.75 Å². The number of piperidine rings is 1. The van der Waals surface area contributed by atoms with E-state index in [0.717, 1.165) is 37.4 Å². The van der Waals surface area contributed by atoms with Crippen LogP contribution in [-0.2, 0) is 0 Å². The SMILES string of the molecule is COc1ccc(SCC2CCN(C(=O)NC(C)C)CC2)cc1. The Morgan fingerprint density at radius 3 is 2.50 bits per heavy atom. The fourth-order valence-electron chi connectivity index (χ4n) is 2.53. The number of hydrogen-bond donors (Lipinski definition) is 1. The van der Waals surface area contributed by atoms with E-state index in [1.807, 2.05) is 42.6 Å². The number of ether oxygens (including phenoxy) is 1. The van der Waals surface area contributed by atoms with Crippen LogP contribution in [0.1, 0.15) is 26.7 Å². The smallest absolute Gasteiger partial charge is 0.317 e. The van der Waals surface area contributed by atoms with Gasteiger partial charge < -0.3 is 15.0 Å². The molecule has 1 N–H and O–H groups in total. The van der Waals surface area contributed by atoms with Crippen molar-refractivity contribution in [2.75, 3.05) is 26.0 Å². The van der Waals surface area contributed by atoms with Crippen molar-refractivity contribution in [3.63, 3.8) is 0 Å². The highest BCUT2D eigenvalue weighted by Gasteiger charge is 2.23. The summed E-state index contributed by atoms with van der Waals surface area (Å²) in [5.41, 5.74) is 0. The van der Waals surface area contributed by atoms with E-state index in [0.29, 0.717) is 5.92 Å². The molecule has 0 bridgehead atoms. The standard InChI is InChI=1S/C17H26N2O2S/c1-13(2)18-17(20)19-10-8-14(9-11-19)12-22-16-6-4-15(21-3)5-7-16/h4-7,13-14H,8-12H2,1-3H3,(H,18,20). The quantitative estimate of drug-likeness (QED) is 0.842. The van der Waals surface area contributed by atoms with E-state index in [9.17, 15) is 4.79 Å². The summed E-state index contributed by atoms with van der Waals surface area (Å²) < 4.78 is 5.17. The van der Waals surface area contributed by atoms with Crippen molar-refractivity contribution in [1.29, 1.82) is 0 Å². The number of nitrogens with one attached hydrogen (secondary N) is 1. The van der Waals surface area contributed by atoms with Gasteiger partial charge in [0, 0.05) is 29.8 Å². The van der Waals surface area contributed by atoms with Gasteiger partial charge in [-0.25, -0.2) is 4.79 Å². The van der Waals surface area contributed by atoms with Crippen molar-refractivity contribution >= 4 is 17.8 Å². The first-order chi connectivity index (χ1) is 10.6. The number of hydrogen-bond acceptors (Lipinski definition) is 3. The highest BCUT2D eigenvalue weighted by Crippen LogP contribution is 2.27. The Hall–Kier alpha value is -1.36. The monoisotopic (exact) mass is 322 g/mol. The number of carbonyl (C=O) groups is 1. The number of likely N-dealkylation sites (tertiary alicyclic amines) is 1. The molecule has 1 aliphatic heterocycles. The van der Waals surface area contributed by atoms with Gasteiger partial charge >= 0.3 is 6.03 Å². The van der Waals surface area contributed by atoms with Crippen LogP contribution in [-0.4, -0.2) is 42.9 Å². The fourth-order valence-corrected chi connectivity index (χ4v) is 3.62. The van der Waals surface area contributed by atoms with Gasteiger partial charge in [0.2, 0.25) is 0 Å². The average Bonchev–Trinajstić information content (AvgIpc) is 2.53. The summed E-state index contributed by atoms with van der Waals surface area (Å²) in [6.45, 7) is 5.73. The molecule has 0 atom stereocenters. The maximum Gasteiger partial charge on any atom is 0.317 e. The third kappa shape index (κ3) is 5.13. The molecule has 0 radical (unpaired) electrons. The first-order valence-electron chi connectivity index (χ1n) is 7.90. The minimum Gasteiger partial charge on any atom is -0.497 e. The van der Waals surface area contributed by atoms with Crippen molar-refractivity contribution in [2.45, 2.75) is 37.6 Å². The molecule has 5 heteroatoms. The van der Waals surface area contributed by atoms with E-state index >= 15 is 0 Å². The van der Waals surface area contributed by atoms with Gasteiger partial charge in [-0.2, -0.15) is 0 Å². The lowest BCUT2D eigenvalue weighted by atomic mass is 9.99. The molecule has 22 heavy (non-hydrogen) atoms. The Bertz CT molecular complexity index is 468. The summed E-state index contributed by atoms with van der Waals surface area (Å²) in [7, 11) is 1.69. The summed E-state index contributed by atoms with van der Waals surface area (Å²) in [5.74, 6) is 2.70. The zero-order valence-electron chi connectivity index (χ0n) is 13.7. The van der Waals surface area contributed by atoms with E-state index in [-0.39, 0.29) is 12.1 Å². The molecule has 122 valence electrons. The molecule has 1 heterocycles. The van der Waals surface area contributed by atoms with Gasteiger partial charge in [0.1, 0.15) is 5.75 Å². The lowest BCUT2D eigenvalue weighted by molar-refractivity contribution is 0.172. The normalized spacial score (nSPS) is 15.9. The minimum atomic E-state index is 0.0799. The van der Waals surface area contributed by atoms with Gasteiger partial charge in [0.25, 0.3) is 0 Å². The maximum absolute atomic E-state index is 12.0. The topological polar surface area (TPSA) is 41.6 Å². The summed E-state index contributed by atoms with van der Waals surface area (Å²) >= 11 is 1.89. The summed E-state index contributed by atoms with van der Waals surface area (Å²) in [6.07, 6.45) is 2.18. The molecule has 0 unspecified atom stereocenters. The van der Waals surface area contributed by atoms with E-state index in [1.165, 1.54) is 4.90 Å². The summed E-state index contributed by atoms with van der Waals surface area (Å²) in [6, 6.07) is 8.50. The average molecular weight is 322 g/mol. The van der Waals surface area contributed by atoms with E-state index in [1.54, 1.807) is 7.11 Å². The first kappa shape index (κ1) is 17.0. The third-order valence-corrected chi connectivity index (χ3v) is 5.10. The van der Waals surface area contributed by atoms with E-state index in [4.69, 9.17) is 4.74 Å². The van der Waals surface area contributed by atoms with Crippen molar-refractivity contribution in [3.8, 4) is 5.75 Å². The Balaban J connectivity index is 1.71. The minimum absolute atomic E-state index is 0.0799. The number of nitrogens with zero attached hydrogens (tertiary/aromatic N) is 1. The highest BCUT2D eigenvalue weighted by atomic mass is 32.2.